The number of phenols is 2. The number of benzene rings is 2. The van der Waals surface area contributed by atoms with Crippen LogP contribution in [0.4, 0.5) is 10.5 Å². The Labute approximate surface area is 183 Å². The lowest BCUT2D eigenvalue weighted by atomic mass is 10.1. The molecule has 0 atom stereocenters. The average Bonchev–Trinajstić information content (AvgIpc) is 2.88. The number of aromatic hydroxyl groups is 2. The minimum atomic E-state index is -0.758. The summed E-state index contributed by atoms with van der Waals surface area (Å²) in [6, 6.07) is 10.8. The summed E-state index contributed by atoms with van der Waals surface area (Å²) in [4.78, 5) is 20.1. The molecule has 0 radical (unpaired) electrons. The number of para-hydroxylation sites is 1. The van der Waals surface area contributed by atoms with Gasteiger partial charge in [0.2, 0.25) is 5.88 Å². The van der Waals surface area contributed by atoms with Crippen LogP contribution in [0.15, 0.2) is 75.1 Å². The average molecular weight is 446 g/mol. The van der Waals surface area contributed by atoms with Gasteiger partial charge in [0, 0.05) is 10.5 Å². The Bertz CT molecular complexity index is 1060. The van der Waals surface area contributed by atoms with Crippen molar-refractivity contribution in [2.24, 2.45) is 10.9 Å². The monoisotopic (exact) mass is 445 g/mol. The Hall–Kier alpha value is -3.10. The van der Waals surface area contributed by atoms with E-state index >= 15 is 0 Å². The van der Waals surface area contributed by atoms with E-state index in [2.05, 4.69) is 5.16 Å². The number of hydrogen-bond donors (Lipinski definition) is 3. The number of amides is 2. The van der Waals surface area contributed by atoms with Crippen LogP contribution >= 0.6 is 23.4 Å². The lowest BCUT2D eigenvalue weighted by molar-refractivity contribution is 0.210. The Morgan fingerprint density at radius 2 is 1.87 bits per heavy atom. The molecule has 2 aromatic carbocycles. The third-order valence-electron chi connectivity index (χ3n) is 4.41. The molecule has 30 heavy (non-hydrogen) atoms. The number of halogens is 1. The molecule has 0 fully saturated rings. The van der Waals surface area contributed by atoms with Crippen LogP contribution in [0.25, 0.3) is 0 Å². The summed E-state index contributed by atoms with van der Waals surface area (Å²) >= 11 is 7.90. The first-order valence-corrected chi connectivity index (χ1v) is 10.6. The molecule has 0 bridgehead atoms. The molecule has 0 saturated carbocycles. The van der Waals surface area contributed by atoms with Crippen LogP contribution in [0, 0.1) is 0 Å². The topological polar surface area (TPSA) is 108 Å². The molecule has 3 rings (SSSR count). The number of nitrogens with two attached hydrogens (primary N) is 1. The number of phenolic OH excluding ortho intramolecular Hbond substituents is 2. The molecule has 9 heteroatoms. The van der Waals surface area contributed by atoms with Crippen LogP contribution < -0.4 is 10.6 Å². The Morgan fingerprint density at radius 3 is 2.47 bits per heavy atom. The number of urea groups is 1. The number of thioether (sulfide) groups is 1. The van der Waals surface area contributed by atoms with Crippen LogP contribution in [-0.4, -0.2) is 28.2 Å². The number of rotatable bonds is 5. The third kappa shape index (κ3) is 4.10. The maximum atomic E-state index is 12.4. The van der Waals surface area contributed by atoms with Crippen molar-refractivity contribution in [3.05, 3.63) is 70.6 Å². The Morgan fingerprint density at radius 1 is 1.20 bits per heavy atom. The van der Waals surface area contributed by atoms with E-state index < -0.39 is 6.03 Å². The van der Waals surface area contributed by atoms with Gasteiger partial charge in [0.25, 0.3) is 0 Å². The second-order valence-electron chi connectivity index (χ2n) is 6.22. The molecular formula is C21H20ClN3O4S. The molecule has 1 aliphatic heterocycles. The van der Waals surface area contributed by atoms with Gasteiger partial charge in [-0.05, 0) is 43.0 Å². The summed E-state index contributed by atoms with van der Waals surface area (Å²) in [6.45, 7) is 1.86. The van der Waals surface area contributed by atoms with E-state index in [1.165, 1.54) is 34.9 Å². The van der Waals surface area contributed by atoms with Gasteiger partial charge in [0.05, 0.1) is 16.3 Å². The minimum Gasteiger partial charge on any atom is -0.507 e. The molecule has 7 nitrogen and oxygen atoms in total. The van der Waals surface area contributed by atoms with Crippen LogP contribution in [0.3, 0.4) is 0 Å². The maximum Gasteiger partial charge on any atom is 0.326 e. The number of allylic oxidation sites excluding steroid dienone is 3. The van der Waals surface area contributed by atoms with E-state index in [1.807, 2.05) is 25.3 Å². The molecule has 0 spiro atoms. The van der Waals surface area contributed by atoms with Gasteiger partial charge in [0.15, 0.2) is 0 Å². The lowest BCUT2D eigenvalue weighted by Gasteiger charge is -2.24. The molecule has 1 aliphatic rings. The lowest BCUT2D eigenvalue weighted by Crippen LogP contribution is -2.36. The second kappa shape index (κ2) is 9.15. The highest BCUT2D eigenvalue weighted by Crippen LogP contribution is 2.36. The first-order chi connectivity index (χ1) is 14.4. The van der Waals surface area contributed by atoms with Gasteiger partial charge in [-0.15, -0.1) is 11.8 Å². The summed E-state index contributed by atoms with van der Waals surface area (Å²) in [7, 11) is 0. The van der Waals surface area contributed by atoms with Gasteiger partial charge in [0.1, 0.15) is 17.2 Å². The van der Waals surface area contributed by atoms with Crippen LogP contribution in [0.2, 0.25) is 0 Å². The van der Waals surface area contributed by atoms with Crippen molar-refractivity contribution in [2.75, 3.05) is 11.2 Å². The number of oxime groups is 1. The van der Waals surface area contributed by atoms with Crippen LogP contribution in [-0.2, 0) is 4.84 Å². The van der Waals surface area contributed by atoms with Crippen molar-refractivity contribution in [3.8, 4) is 11.5 Å². The Kier molecular flexibility index (Phi) is 6.59. The summed E-state index contributed by atoms with van der Waals surface area (Å²) in [6.07, 6.45) is 3.91. The fraction of sp³-hybridized carbons (Fsp3) is 0.143. The Balaban J connectivity index is 2.17. The fourth-order valence-corrected chi connectivity index (χ4v) is 3.83. The standard InChI is InChI=1S/C21H20ClN3O4S/c1-3-12-11-13(22)19(18-15(26)8-6-9-16(18)27)24-29-20(12)25(21(23)28)14-7-4-5-10-17(14)30-2/h4-11,26-27H,3H2,1-2H3,(H2,23,28). The predicted octanol–water partition coefficient (Wildman–Crippen LogP) is 4.88. The first-order valence-electron chi connectivity index (χ1n) is 8.98. The number of hydrogen-bond acceptors (Lipinski definition) is 6. The molecular weight excluding hydrogens is 426 g/mol. The van der Waals surface area contributed by atoms with Gasteiger partial charge in [-0.1, -0.05) is 41.9 Å². The fourth-order valence-electron chi connectivity index (χ4n) is 2.99. The van der Waals surface area contributed by atoms with E-state index in [-0.39, 0.29) is 33.7 Å². The number of carbonyl (C=O) groups is 1. The first kappa shape index (κ1) is 21.6. The zero-order chi connectivity index (χ0) is 21.8. The smallest absolute Gasteiger partial charge is 0.326 e. The van der Waals surface area contributed by atoms with Crippen molar-refractivity contribution in [3.63, 3.8) is 0 Å². The maximum absolute atomic E-state index is 12.4. The molecule has 0 saturated heterocycles. The molecule has 1 heterocycles. The highest BCUT2D eigenvalue weighted by Gasteiger charge is 2.28. The van der Waals surface area contributed by atoms with Gasteiger partial charge < -0.3 is 20.8 Å². The zero-order valence-electron chi connectivity index (χ0n) is 16.3. The SMILES string of the molecule is CCC1=C(N(C(N)=O)c2ccccc2SC)ON=C(c2c(O)cccc2O)C(Cl)=C1. The predicted molar refractivity (Wildman–Crippen MR) is 119 cm³/mol. The van der Waals surface area contributed by atoms with Gasteiger partial charge in [-0.3, -0.25) is 0 Å². The van der Waals surface area contributed by atoms with Gasteiger partial charge in [-0.25, -0.2) is 9.69 Å². The van der Waals surface area contributed by atoms with Crippen LogP contribution in [0.1, 0.15) is 18.9 Å². The molecule has 156 valence electrons. The zero-order valence-corrected chi connectivity index (χ0v) is 17.9. The van der Waals surface area contributed by atoms with Gasteiger partial charge >= 0.3 is 6.03 Å². The van der Waals surface area contributed by atoms with Crippen molar-refractivity contribution in [2.45, 2.75) is 18.2 Å². The third-order valence-corrected chi connectivity index (χ3v) is 5.49. The number of primary amides is 1. The summed E-state index contributed by atoms with van der Waals surface area (Å²) in [5.74, 6) is -0.343. The van der Waals surface area contributed by atoms with E-state index in [1.54, 1.807) is 18.2 Å². The normalized spacial score (nSPS) is 13.8. The molecule has 0 unspecified atom stereocenters. The largest absolute Gasteiger partial charge is 0.507 e. The molecule has 2 amide bonds. The van der Waals surface area contributed by atoms with E-state index in [4.69, 9.17) is 22.2 Å². The summed E-state index contributed by atoms with van der Waals surface area (Å²) in [5, 5.41) is 24.6. The van der Waals surface area contributed by atoms with Crippen molar-refractivity contribution < 1.29 is 19.8 Å². The van der Waals surface area contributed by atoms with E-state index in [0.29, 0.717) is 17.7 Å². The number of carbonyl (C=O) groups excluding carboxylic acids is 1. The molecule has 0 aliphatic carbocycles. The van der Waals surface area contributed by atoms with E-state index in [9.17, 15) is 15.0 Å². The van der Waals surface area contributed by atoms with Gasteiger partial charge in [-0.2, -0.15) is 0 Å². The highest BCUT2D eigenvalue weighted by atomic mass is 35.5. The minimum absolute atomic E-state index is 0.0191. The number of anilines is 1. The quantitative estimate of drug-likeness (QED) is 0.568. The van der Waals surface area contributed by atoms with Crippen molar-refractivity contribution in [1.29, 1.82) is 0 Å². The molecule has 4 N–H and O–H groups in total. The number of nitrogens with zero attached hydrogens (tertiary/aromatic N) is 2. The van der Waals surface area contributed by atoms with Crippen molar-refractivity contribution >= 4 is 40.8 Å². The second-order valence-corrected chi connectivity index (χ2v) is 7.48. The van der Waals surface area contributed by atoms with Crippen LogP contribution in [0.5, 0.6) is 11.5 Å². The summed E-state index contributed by atoms with van der Waals surface area (Å²) in [5.41, 5.74) is 6.84. The van der Waals surface area contributed by atoms with E-state index in [0.717, 1.165) is 4.90 Å². The summed E-state index contributed by atoms with van der Waals surface area (Å²) < 4.78 is 0. The molecule has 0 aromatic heterocycles. The highest BCUT2D eigenvalue weighted by molar-refractivity contribution is 7.98. The van der Waals surface area contributed by atoms with Crippen molar-refractivity contribution in [1.82, 2.24) is 0 Å². The molecule has 2 aromatic rings.